The number of ether oxygens (including phenoxy) is 2. The van der Waals surface area contributed by atoms with Gasteiger partial charge in [0.1, 0.15) is 11.2 Å². The number of anilines is 2. The van der Waals surface area contributed by atoms with Crippen LogP contribution >= 0.6 is 28.7 Å². The number of aromatic nitrogens is 4. The number of nitrogens with zero attached hydrogens (tertiary/aromatic N) is 5. The molecule has 0 amide bonds. The fourth-order valence-electron chi connectivity index (χ4n) is 3.18. The van der Waals surface area contributed by atoms with Crippen LogP contribution in [-0.2, 0) is 11.2 Å². The zero-order valence-corrected chi connectivity index (χ0v) is 24.1. The van der Waals surface area contributed by atoms with Gasteiger partial charge in [0.25, 0.3) is 0 Å². The summed E-state index contributed by atoms with van der Waals surface area (Å²) in [6, 6.07) is 13.1. The molecule has 0 saturated heterocycles. The Labute approximate surface area is 238 Å². The second-order valence-electron chi connectivity index (χ2n) is 8.74. The van der Waals surface area contributed by atoms with E-state index in [9.17, 15) is 0 Å². The molecular formula is C26H30BBrN7O2S. The van der Waals surface area contributed by atoms with Crippen LogP contribution in [0.25, 0.3) is 0 Å². The third-order valence-corrected chi connectivity index (χ3v) is 5.56. The number of thiol groups is 1. The van der Waals surface area contributed by atoms with Crippen LogP contribution in [0, 0.1) is 0 Å². The molecule has 4 N–H and O–H groups in total. The number of hydrogen-bond donors (Lipinski definition) is 3. The van der Waals surface area contributed by atoms with Gasteiger partial charge in [-0.1, -0.05) is 0 Å². The van der Waals surface area contributed by atoms with E-state index < -0.39 is 11.2 Å². The van der Waals surface area contributed by atoms with Crippen molar-refractivity contribution >= 4 is 48.0 Å². The van der Waals surface area contributed by atoms with E-state index in [4.69, 9.17) is 20.9 Å². The van der Waals surface area contributed by atoms with Gasteiger partial charge in [0.2, 0.25) is 0 Å². The first kappa shape index (κ1) is 30.7. The summed E-state index contributed by atoms with van der Waals surface area (Å²) in [6.07, 6.45) is 10.2. The summed E-state index contributed by atoms with van der Waals surface area (Å²) >= 11 is 6.54. The molecule has 0 fully saturated rings. The number of hydrogen-bond acceptors (Lipinski definition) is 10. The quantitative estimate of drug-likeness (QED) is 0.191. The SMILES string of the molecule is CC(C)(Oc1cc(Br)cnc1N)c1ccncc1.CC(C)(Oc1cccnc1N)c1ccncc1.[B]=NS. The van der Waals surface area contributed by atoms with Gasteiger partial charge in [-0.3, -0.25) is 9.97 Å². The van der Waals surface area contributed by atoms with Gasteiger partial charge in [-0.15, -0.1) is 0 Å². The van der Waals surface area contributed by atoms with Crippen LogP contribution in [0.1, 0.15) is 38.8 Å². The summed E-state index contributed by atoms with van der Waals surface area (Å²) in [6.45, 7) is 7.91. The fraction of sp³-hybridized carbons (Fsp3) is 0.231. The summed E-state index contributed by atoms with van der Waals surface area (Å²) in [7, 11) is 4.34. The number of nitrogen functional groups attached to an aromatic ring is 2. The van der Waals surface area contributed by atoms with E-state index in [2.05, 4.69) is 60.6 Å². The molecule has 0 unspecified atom stereocenters. The minimum absolute atomic E-state index is 0.375. The summed E-state index contributed by atoms with van der Waals surface area (Å²) in [5.41, 5.74) is 12.7. The molecule has 9 nitrogen and oxygen atoms in total. The van der Waals surface area contributed by atoms with Gasteiger partial charge in [0, 0.05) is 41.7 Å². The van der Waals surface area contributed by atoms with Gasteiger partial charge in [-0.25, -0.2) is 9.97 Å². The molecule has 4 heterocycles. The Balaban J connectivity index is 0.000000242. The maximum atomic E-state index is 5.95. The molecular weight excluding hydrogens is 565 g/mol. The van der Waals surface area contributed by atoms with Gasteiger partial charge in [0.15, 0.2) is 23.1 Å². The number of pyridine rings is 4. The summed E-state index contributed by atoms with van der Waals surface area (Å²) < 4.78 is 15.4. The Kier molecular flexibility index (Phi) is 11.7. The van der Waals surface area contributed by atoms with Gasteiger partial charge in [0.05, 0.1) is 0 Å². The first-order valence-electron chi connectivity index (χ1n) is 11.3. The molecule has 0 aromatic carbocycles. The normalized spacial score (nSPS) is 10.7. The molecule has 4 aromatic rings. The van der Waals surface area contributed by atoms with Crippen LogP contribution < -0.4 is 20.9 Å². The van der Waals surface area contributed by atoms with E-state index in [0.29, 0.717) is 23.1 Å². The molecule has 4 aromatic heterocycles. The summed E-state index contributed by atoms with van der Waals surface area (Å²) in [5.74, 6) is 1.93. The van der Waals surface area contributed by atoms with Crippen LogP contribution in [0.2, 0.25) is 0 Å². The average Bonchev–Trinajstić information content (AvgIpc) is 2.89. The Morgan fingerprint density at radius 3 is 1.71 bits per heavy atom. The first-order chi connectivity index (χ1) is 18.0. The van der Waals surface area contributed by atoms with E-state index in [-0.39, 0.29) is 0 Å². The van der Waals surface area contributed by atoms with Crippen molar-refractivity contribution in [3.05, 3.63) is 95.2 Å². The zero-order valence-electron chi connectivity index (χ0n) is 21.6. The molecule has 0 aliphatic heterocycles. The zero-order chi connectivity index (χ0) is 28.2. The third kappa shape index (κ3) is 9.42. The number of nitrogens with two attached hydrogens (primary N) is 2. The van der Waals surface area contributed by atoms with Crippen molar-refractivity contribution in [3.63, 3.8) is 0 Å². The Hall–Kier alpha value is -3.51. The molecule has 38 heavy (non-hydrogen) atoms. The van der Waals surface area contributed by atoms with Crippen molar-refractivity contribution in [2.24, 2.45) is 4.30 Å². The van der Waals surface area contributed by atoms with Crippen LogP contribution in [-0.4, -0.2) is 27.6 Å². The van der Waals surface area contributed by atoms with Crippen molar-refractivity contribution in [1.82, 2.24) is 19.9 Å². The first-order valence-corrected chi connectivity index (χ1v) is 12.5. The molecule has 4 rings (SSSR count). The summed E-state index contributed by atoms with van der Waals surface area (Å²) in [4.78, 5) is 16.0. The Bertz CT molecular complexity index is 1300. The minimum atomic E-state index is -0.500. The monoisotopic (exact) mass is 594 g/mol. The predicted molar refractivity (Wildman–Crippen MR) is 158 cm³/mol. The van der Waals surface area contributed by atoms with Gasteiger partial charge < -0.3 is 20.9 Å². The van der Waals surface area contributed by atoms with E-state index in [1.54, 1.807) is 43.2 Å². The molecule has 0 atom stereocenters. The third-order valence-electron chi connectivity index (χ3n) is 5.13. The second-order valence-corrected chi connectivity index (χ2v) is 9.88. The molecule has 0 aliphatic carbocycles. The van der Waals surface area contributed by atoms with Gasteiger partial charge >= 0.3 is 24.8 Å². The van der Waals surface area contributed by atoms with E-state index in [1.807, 2.05) is 64.1 Å². The number of halogens is 1. The summed E-state index contributed by atoms with van der Waals surface area (Å²) in [5, 5.41) is 0. The van der Waals surface area contributed by atoms with Crippen molar-refractivity contribution in [2.75, 3.05) is 11.5 Å². The Morgan fingerprint density at radius 2 is 1.24 bits per heavy atom. The van der Waals surface area contributed by atoms with Gasteiger partial charge in [-0.2, -0.15) is 0 Å². The van der Waals surface area contributed by atoms with Crippen molar-refractivity contribution < 1.29 is 9.47 Å². The second kappa shape index (κ2) is 14.4. The van der Waals surface area contributed by atoms with Crippen molar-refractivity contribution in [1.29, 1.82) is 0 Å². The molecule has 1 radical (unpaired) electrons. The average molecular weight is 595 g/mol. The van der Waals surface area contributed by atoms with E-state index in [0.717, 1.165) is 15.6 Å². The molecule has 197 valence electrons. The van der Waals surface area contributed by atoms with Crippen LogP contribution in [0.3, 0.4) is 0 Å². The van der Waals surface area contributed by atoms with Crippen molar-refractivity contribution in [3.8, 4) is 11.5 Å². The predicted octanol–water partition coefficient (Wildman–Crippen LogP) is 5.69. The Morgan fingerprint density at radius 1 is 0.789 bits per heavy atom. The van der Waals surface area contributed by atoms with Crippen molar-refractivity contribution in [2.45, 2.75) is 38.9 Å². The van der Waals surface area contributed by atoms with Crippen LogP contribution in [0.5, 0.6) is 11.5 Å². The molecule has 0 bridgehead atoms. The topological polar surface area (TPSA) is 134 Å². The standard InChI is InChI=1S/C13H14BrN3O.C13H15N3O.BHNS/c1-13(2,9-3-5-16-6-4-9)18-11-7-10(14)8-17-12(11)15;1-13(2,10-5-8-15-9-6-10)17-11-4-3-7-16-12(11)14;1-2-3/h3-8H,1-2H3,(H2,15,17);3-9H,1-2H3,(H2,14,16);3H. The van der Waals surface area contributed by atoms with Crippen LogP contribution in [0.15, 0.2) is 88.4 Å². The molecule has 0 aliphatic rings. The van der Waals surface area contributed by atoms with Crippen LogP contribution in [0.4, 0.5) is 11.6 Å². The molecule has 0 spiro atoms. The fourth-order valence-corrected chi connectivity index (χ4v) is 3.49. The number of rotatable bonds is 6. The maximum absolute atomic E-state index is 5.95. The molecule has 0 saturated carbocycles. The van der Waals surface area contributed by atoms with E-state index in [1.165, 1.54) is 0 Å². The van der Waals surface area contributed by atoms with E-state index >= 15 is 0 Å². The van der Waals surface area contributed by atoms with Gasteiger partial charge in [-0.05, 0) is 97.2 Å². The molecule has 12 heteroatoms.